The molecule has 2 atom stereocenters. The molecule has 0 aromatic heterocycles. The molecule has 0 spiro atoms. The Balaban J connectivity index is 2.45. The van der Waals surface area contributed by atoms with Gasteiger partial charge in [0.25, 0.3) is 0 Å². The second-order valence-electron chi connectivity index (χ2n) is 5.27. The normalized spacial score (nSPS) is 25.4. The molecule has 1 heterocycles. The summed E-state index contributed by atoms with van der Waals surface area (Å²) in [6.45, 7) is 4.19. The van der Waals surface area contributed by atoms with Gasteiger partial charge in [-0.3, -0.25) is 0 Å². The van der Waals surface area contributed by atoms with Crippen molar-refractivity contribution in [2.24, 2.45) is 5.73 Å². The summed E-state index contributed by atoms with van der Waals surface area (Å²) in [5, 5.41) is 0. The lowest BCUT2D eigenvalue weighted by molar-refractivity contribution is 0.196. The van der Waals surface area contributed by atoms with E-state index in [1.165, 1.54) is 0 Å². The first kappa shape index (κ1) is 14.5. The number of sulfonamides is 1. The van der Waals surface area contributed by atoms with Crippen LogP contribution < -0.4 is 5.73 Å². The highest BCUT2D eigenvalue weighted by molar-refractivity contribution is 7.89. The fraction of sp³-hybridized carbons (Fsp3) is 0.571. The highest BCUT2D eigenvalue weighted by atomic mass is 32.2. The van der Waals surface area contributed by atoms with Gasteiger partial charge in [-0.1, -0.05) is 24.6 Å². The first-order chi connectivity index (χ1) is 8.98. The summed E-state index contributed by atoms with van der Waals surface area (Å²) in [6.07, 6.45) is 2.80. The summed E-state index contributed by atoms with van der Waals surface area (Å²) in [5.74, 6) is 0. The van der Waals surface area contributed by atoms with Crippen LogP contribution in [0.2, 0.25) is 0 Å². The summed E-state index contributed by atoms with van der Waals surface area (Å²) in [6, 6.07) is 7.08. The van der Waals surface area contributed by atoms with E-state index in [1.807, 2.05) is 26.0 Å². The van der Waals surface area contributed by atoms with Crippen LogP contribution in [0, 0.1) is 6.92 Å². The molecule has 2 unspecified atom stereocenters. The van der Waals surface area contributed by atoms with Crippen LogP contribution in [0.1, 0.15) is 31.7 Å². The first-order valence-electron chi connectivity index (χ1n) is 6.77. The van der Waals surface area contributed by atoms with Gasteiger partial charge in [-0.2, -0.15) is 4.31 Å². The minimum absolute atomic E-state index is 0.0203. The van der Waals surface area contributed by atoms with E-state index in [4.69, 9.17) is 5.73 Å². The van der Waals surface area contributed by atoms with Crippen molar-refractivity contribution in [3.8, 4) is 0 Å². The van der Waals surface area contributed by atoms with E-state index in [1.54, 1.807) is 16.4 Å². The van der Waals surface area contributed by atoms with Gasteiger partial charge >= 0.3 is 0 Å². The molecule has 106 valence electrons. The number of nitrogens with zero attached hydrogens (tertiary/aromatic N) is 1. The number of hydrogen-bond acceptors (Lipinski definition) is 3. The Labute approximate surface area is 115 Å². The minimum Gasteiger partial charge on any atom is -0.329 e. The molecule has 0 saturated carbocycles. The van der Waals surface area contributed by atoms with E-state index in [0.29, 0.717) is 11.4 Å². The Bertz CT molecular complexity index is 542. The van der Waals surface area contributed by atoms with E-state index in [-0.39, 0.29) is 12.1 Å². The van der Waals surface area contributed by atoms with Crippen molar-refractivity contribution >= 4 is 10.0 Å². The SMILES string of the molecule is Cc1ccccc1S(=O)(=O)N1C(C)CCCC1CN. The molecule has 0 bridgehead atoms. The lowest BCUT2D eigenvalue weighted by Crippen LogP contribution is -2.51. The third-order valence-corrected chi connectivity index (χ3v) is 6.10. The van der Waals surface area contributed by atoms with Gasteiger partial charge < -0.3 is 5.73 Å². The van der Waals surface area contributed by atoms with E-state index in [2.05, 4.69) is 0 Å². The van der Waals surface area contributed by atoms with Gasteiger partial charge in [-0.25, -0.2) is 8.42 Å². The van der Waals surface area contributed by atoms with Crippen LogP contribution in [0.5, 0.6) is 0 Å². The molecule has 1 aromatic rings. The van der Waals surface area contributed by atoms with Crippen LogP contribution >= 0.6 is 0 Å². The predicted octanol–water partition coefficient (Wildman–Crippen LogP) is 1.89. The topological polar surface area (TPSA) is 63.4 Å². The van der Waals surface area contributed by atoms with Crippen molar-refractivity contribution < 1.29 is 8.42 Å². The smallest absolute Gasteiger partial charge is 0.243 e. The highest BCUT2D eigenvalue weighted by Crippen LogP contribution is 2.30. The van der Waals surface area contributed by atoms with Crippen molar-refractivity contribution in [2.75, 3.05) is 6.54 Å². The van der Waals surface area contributed by atoms with Gasteiger partial charge in [-0.05, 0) is 38.3 Å². The number of benzene rings is 1. The second-order valence-corrected chi connectivity index (χ2v) is 7.08. The lowest BCUT2D eigenvalue weighted by atomic mass is 10.00. The van der Waals surface area contributed by atoms with Gasteiger partial charge in [0.15, 0.2) is 0 Å². The first-order valence-corrected chi connectivity index (χ1v) is 8.21. The van der Waals surface area contributed by atoms with Crippen LogP contribution in [0.4, 0.5) is 0 Å². The Hall–Kier alpha value is -0.910. The average Bonchev–Trinajstić information content (AvgIpc) is 2.38. The maximum atomic E-state index is 12.9. The van der Waals surface area contributed by atoms with Gasteiger partial charge in [0.2, 0.25) is 10.0 Å². The third kappa shape index (κ3) is 2.68. The quantitative estimate of drug-likeness (QED) is 0.920. The molecule has 1 aliphatic heterocycles. The van der Waals surface area contributed by atoms with Gasteiger partial charge in [-0.15, -0.1) is 0 Å². The molecule has 5 heteroatoms. The number of hydrogen-bond donors (Lipinski definition) is 1. The Morgan fingerprint density at radius 1 is 1.32 bits per heavy atom. The predicted molar refractivity (Wildman–Crippen MR) is 76.4 cm³/mol. The van der Waals surface area contributed by atoms with E-state index in [9.17, 15) is 8.42 Å². The molecule has 1 aliphatic rings. The molecule has 1 fully saturated rings. The summed E-state index contributed by atoms with van der Waals surface area (Å²) in [7, 11) is -3.45. The number of nitrogens with two attached hydrogens (primary N) is 1. The van der Waals surface area contributed by atoms with Crippen molar-refractivity contribution in [1.29, 1.82) is 0 Å². The molecular weight excluding hydrogens is 260 g/mol. The van der Waals surface area contributed by atoms with Crippen LogP contribution in [-0.2, 0) is 10.0 Å². The van der Waals surface area contributed by atoms with Crippen molar-refractivity contribution in [2.45, 2.75) is 50.1 Å². The maximum Gasteiger partial charge on any atom is 0.243 e. The molecule has 0 radical (unpaired) electrons. The summed E-state index contributed by atoms with van der Waals surface area (Å²) in [4.78, 5) is 0.405. The van der Waals surface area contributed by atoms with Crippen LogP contribution in [-0.4, -0.2) is 31.4 Å². The van der Waals surface area contributed by atoms with Gasteiger partial charge in [0.1, 0.15) is 0 Å². The van der Waals surface area contributed by atoms with Crippen molar-refractivity contribution in [1.82, 2.24) is 4.31 Å². The molecule has 2 N–H and O–H groups in total. The fourth-order valence-corrected chi connectivity index (χ4v) is 4.99. The van der Waals surface area contributed by atoms with E-state index < -0.39 is 10.0 Å². The molecule has 0 amide bonds. The minimum atomic E-state index is -3.45. The van der Waals surface area contributed by atoms with Crippen LogP contribution in [0.25, 0.3) is 0 Å². The average molecular weight is 282 g/mol. The number of aryl methyl sites for hydroxylation is 1. The molecule has 1 aromatic carbocycles. The molecule has 4 nitrogen and oxygen atoms in total. The standard InChI is InChI=1S/C14H22N2O2S/c1-11-6-3-4-9-14(11)19(17,18)16-12(2)7-5-8-13(16)10-15/h3-4,6,9,12-13H,5,7-8,10,15H2,1-2H3. The largest absolute Gasteiger partial charge is 0.329 e. The number of rotatable bonds is 3. The lowest BCUT2D eigenvalue weighted by Gasteiger charge is -2.39. The van der Waals surface area contributed by atoms with Crippen LogP contribution in [0.3, 0.4) is 0 Å². The van der Waals surface area contributed by atoms with E-state index >= 15 is 0 Å². The summed E-state index contributed by atoms with van der Waals surface area (Å²) < 4.78 is 27.3. The van der Waals surface area contributed by atoms with Gasteiger partial charge in [0.05, 0.1) is 4.90 Å². The van der Waals surface area contributed by atoms with Crippen molar-refractivity contribution in [3.63, 3.8) is 0 Å². The monoisotopic (exact) mass is 282 g/mol. The van der Waals surface area contributed by atoms with Gasteiger partial charge in [0, 0.05) is 18.6 Å². The highest BCUT2D eigenvalue weighted by Gasteiger charge is 2.37. The van der Waals surface area contributed by atoms with Crippen LogP contribution in [0.15, 0.2) is 29.2 Å². The maximum absolute atomic E-state index is 12.9. The Morgan fingerprint density at radius 2 is 2.00 bits per heavy atom. The number of piperidine rings is 1. The molecule has 0 aliphatic carbocycles. The van der Waals surface area contributed by atoms with Crippen molar-refractivity contribution in [3.05, 3.63) is 29.8 Å². The molecule has 2 rings (SSSR count). The second kappa shape index (κ2) is 5.61. The zero-order chi connectivity index (χ0) is 14.0. The Morgan fingerprint density at radius 3 is 2.63 bits per heavy atom. The molecular formula is C14H22N2O2S. The molecule has 19 heavy (non-hydrogen) atoms. The molecule has 1 saturated heterocycles. The summed E-state index contributed by atoms with van der Waals surface area (Å²) in [5.41, 5.74) is 6.55. The Kier molecular flexibility index (Phi) is 4.28. The third-order valence-electron chi connectivity index (χ3n) is 3.87. The fourth-order valence-electron chi connectivity index (χ4n) is 2.88. The van der Waals surface area contributed by atoms with E-state index in [0.717, 1.165) is 24.8 Å². The summed E-state index contributed by atoms with van der Waals surface area (Å²) >= 11 is 0. The zero-order valence-corrected chi connectivity index (χ0v) is 12.4. The zero-order valence-electron chi connectivity index (χ0n) is 11.5.